The SMILES string of the molecule is Cc1ccc(F)c([C@@H](CCO)N2CCNCC2)c1.Cl. The lowest BCUT2D eigenvalue weighted by atomic mass is 9.99. The third kappa shape index (κ3) is 4.14. The van der Waals surface area contributed by atoms with Crippen LogP contribution in [0.4, 0.5) is 4.39 Å². The summed E-state index contributed by atoms with van der Waals surface area (Å²) in [5.41, 5.74) is 1.77. The molecule has 1 atom stereocenters. The van der Waals surface area contributed by atoms with Crippen LogP contribution in [0.2, 0.25) is 0 Å². The molecule has 0 aliphatic carbocycles. The van der Waals surface area contributed by atoms with Crippen molar-refractivity contribution in [2.24, 2.45) is 0 Å². The number of piperazine rings is 1. The van der Waals surface area contributed by atoms with E-state index in [9.17, 15) is 9.50 Å². The van der Waals surface area contributed by atoms with Crippen molar-refractivity contribution in [2.75, 3.05) is 32.8 Å². The number of halogens is 2. The zero-order chi connectivity index (χ0) is 13.0. The Labute approximate surface area is 120 Å². The van der Waals surface area contributed by atoms with Crippen molar-refractivity contribution >= 4 is 12.4 Å². The Kier molecular flexibility index (Phi) is 6.72. The molecule has 1 aromatic carbocycles. The van der Waals surface area contributed by atoms with E-state index < -0.39 is 0 Å². The van der Waals surface area contributed by atoms with Gasteiger partial charge in [-0.3, -0.25) is 4.90 Å². The molecule has 1 saturated heterocycles. The highest BCUT2D eigenvalue weighted by atomic mass is 35.5. The molecule has 0 aromatic heterocycles. The lowest BCUT2D eigenvalue weighted by Gasteiger charge is -2.35. The number of benzene rings is 1. The summed E-state index contributed by atoms with van der Waals surface area (Å²) >= 11 is 0. The van der Waals surface area contributed by atoms with Gasteiger partial charge >= 0.3 is 0 Å². The molecule has 1 aliphatic rings. The molecule has 0 unspecified atom stereocenters. The van der Waals surface area contributed by atoms with Gasteiger partial charge in [-0.05, 0) is 19.4 Å². The van der Waals surface area contributed by atoms with Crippen LogP contribution < -0.4 is 5.32 Å². The zero-order valence-electron chi connectivity index (χ0n) is 11.2. The van der Waals surface area contributed by atoms with E-state index in [1.54, 1.807) is 6.07 Å². The largest absolute Gasteiger partial charge is 0.396 e. The molecule has 1 aliphatic heterocycles. The summed E-state index contributed by atoms with van der Waals surface area (Å²) < 4.78 is 14.0. The number of hydrogen-bond donors (Lipinski definition) is 2. The molecule has 0 spiro atoms. The lowest BCUT2D eigenvalue weighted by Crippen LogP contribution is -2.45. The Morgan fingerprint density at radius 3 is 2.68 bits per heavy atom. The van der Waals surface area contributed by atoms with Gasteiger partial charge < -0.3 is 10.4 Å². The fraction of sp³-hybridized carbons (Fsp3) is 0.571. The van der Waals surface area contributed by atoms with Crippen molar-refractivity contribution in [1.29, 1.82) is 0 Å². The van der Waals surface area contributed by atoms with Crippen LogP contribution in [0.1, 0.15) is 23.6 Å². The molecule has 2 rings (SSSR count). The normalized spacial score (nSPS) is 17.8. The fourth-order valence-corrected chi connectivity index (χ4v) is 2.57. The molecule has 108 valence electrons. The van der Waals surface area contributed by atoms with E-state index in [0.29, 0.717) is 12.0 Å². The maximum atomic E-state index is 14.0. The Morgan fingerprint density at radius 1 is 1.37 bits per heavy atom. The first-order chi connectivity index (χ1) is 8.72. The maximum absolute atomic E-state index is 14.0. The summed E-state index contributed by atoms with van der Waals surface area (Å²) in [5.74, 6) is -0.169. The van der Waals surface area contributed by atoms with Crippen LogP contribution in [0.5, 0.6) is 0 Å². The van der Waals surface area contributed by atoms with E-state index in [-0.39, 0.29) is 30.9 Å². The van der Waals surface area contributed by atoms with Crippen molar-refractivity contribution < 1.29 is 9.50 Å². The summed E-state index contributed by atoms with van der Waals surface area (Å²) in [6.07, 6.45) is 0.584. The minimum absolute atomic E-state index is 0. The van der Waals surface area contributed by atoms with Gasteiger partial charge in [-0.1, -0.05) is 17.7 Å². The van der Waals surface area contributed by atoms with Gasteiger partial charge in [0.15, 0.2) is 0 Å². The second-order valence-corrected chi connectivity index (χ2v) is 4.84. The predicted octanol–water partition coefficient (Wildman–Crippen LogP) is 1.88. The van der Waals surface area contributed by atoms with Crippen LogP contribution in [-0.2, 0) is 0 Å². The van der Waals surface area contributed by atoms with Gasteiger partial charge in [-0.25, -0.2) is 4.39 Å². The number of hydrogen-bond acceptors (Lipinski definition) is 3. The molecule has 0 bridgehead atoms. The topological polar surface area (TPSA) is 35.5 Å². The quantitative estimate of drug-likeness (QED) is 0.888. The van der Waals surface area contributed by atoms with E-state index in [1.807, 2.05) is 13.0 Å². The fourth-order valence-electron chi connectivity index (χ4n) is 2.57. The summed E-state index contributed by atoms with van der Waals surface area (Å²) in [4.78, 5) is 2.25. The molecule has 1 fully saturated rings. The Bertz CT molecular complexity index is 397. The van der Waals surface area contributed by atoms with Crippen molar-refractivity contribution in [3.63, 3.8) is 0 Å². The molecule has 0 saturated carbocycles. The van der Waals surface area contributed by atoms with Crippen LogP contribution in [0.3, 0.4) is 0 Å². The zero-order valence-corrected chi connectivity index (χ0v) is 12.0. The first-order valence-corrected chi connectivity index (χ1v) is 6.54. The van der Waals surface area contributed by atoms with Gasteiger partial charge in [0, 0.05) is 44.4 Å². The van der Waals surface area contributed by atoms with Gasteiger partial charge in [-0.2, -0.15) is 0 Å². The molecular weight excluding hydrogens is 267 g/mol. The van der Waals surface area contributed by atoms with Crippen LogP contribution in [-0.4, -0.2) is 42.8 Å². The van der Waals surface area contributed by atoms with Crippen LogP contribution >= 0.6 is 12.4 Å². The highest BCUT2D eigenvalue weighted by Gasteiger charge is 2.24. The standard InChI is InChI=1S/C14H21FN2O.ClH/c1-11-2-3-13(15)12(10-11)14(4-9-18)17-7-5-16-6-8-17;/h2-3,10,14,16,18H,4-9H2,1H3;1H/t14-;/m1./s1. The predicted molar refractivity (Wildman–Crippen MR) is 77.3 cm³/mol. The first kappa shape index (κ1) is 16.4. The van der Waals surface area contributed by atoms with Gasteiger partial charge in [-0.15, -0.1) is 12.4 Å². The minimum atomic E-state index is -0.169. The van der Waals surface area contributed by atoms with E-state index >= 15 is 0 Å². The molecule has 1 aromatic rings. The number of nitrogens with one attached hydrogen (secondary N) is 1. The molecule has 0 amide bonds. The smallest absolute Gasteiger partial charge is 0.128 e. The summed E-state index contributed by atoms with van der Waals surface area (Å²) in [6, 6.07) is 5.19. The molecule has 2 N–H and O–H groups in total. The first-order valence-electron chi connectivity index (χ1n) is 6.54. The van der Waals surface area contributed by atoms with Gasteiger partial charge in [0.2, 0.25) is 0 Å². The Morgan fingerprint density at radius 2 is 2.05 bits per heavy atom. The van der Waals surface area contributed by atoms with Crippen LogP contribution in [0.15, 0.2) is 18.2 Å². The third-order valence-electron chi connectivity index (χ3n) is 3.51. The van der Waals surface area contributed by atoms with Crippen LogP contribution in [0.25, 0.3) is 0 Å². The number of aryl methyl sites for hydroxylation is 1. The van der Waals surface area contributed by atoms with E-state index in [1.165, 1.54) is 6.07 Å². The second-order valence-electron chi connectivity index (χ2n) is 4.84. The highest BCUT2D eigenvalue weighted by molar-refractivity contribution is 5.85. The molecule has 1 heterocycles. The summed E-state index contributed by atoms with van der Waals surface area (Å²) in [7, 11) is 0. The number of aliphatic hydroxyl groups excluding tert-OH is 1. The monoisotopic (exact) mass is 288 g/mol. The summed E-state index contributed by atoms with van der Waals surface area (Å²) in [5, 5.41) is 12.5. The van der Waals surface area contributed by atoms with Gasteiger partial charge in [0.05, 0.1) is 0 Å². The summed E-state index contributed by atoms with van der Waals surface area (Å²) in [6.45, 7) is 5.71. The lowest BCUT2D eigenvalue weighted by molar-refractivity contribution is 0.138. The van der Waals surface area contributed by atoms with Crippen molar-refractivity contribution in [2.45, 2.75) is 19.4 Å². The highest BCUT2D eigenvalue weighted by Crippen LogP contribution is 2.27. The van der Waals surface area contributed by atoms with Crippen molar-refractivity contribution in [3.05, 3.63) is 35.1 Å². The van der Waals surface area contributed by atoms with Gasteiger partial charge in [0.1, 0.15) is 5.82 Å². The van der Waals surface area contributed by atoms with E-state index in [0.717, 1.165) is 31.7 Å². The molecule has 0 radical (unpaired) electrons. The molecule has 3 nitrogen and oxygen atoms in total. The second kappa shape index (κ2) is 7.80. The van der Waals surface area contributed by atoms with Crippen molar-refractivity contribution in [3.8, 4) is 0 Å². The molecule has 5 heteroatoms. The number of nitrogens with zero attached hydrogens (tertiary/aromatic N) is 1. The van der Waals surface area contributed by atoms with Gasteiger partial charge in [0.25, 0.3) is 0 Å². The maximum Gasteiger partial charge on any atom is 0.128 e. The molecular formula is C14H22ClFN2O. The van der Waals surface area contributed by atoms with E-state index in [2.05, 4.69) is 10.2 Å². The van der Waals surface area contributed by atoms with Crippen LogP contribution in [0, 0.1) is 12.7 Å². The minimum Gasteiger partial charge on any atom is -0.396 e. The van der Waals surface area contributed by atoms with E-state index in [4.69, 9.17) is 0 Å². The molecule has 19 heavy (non-hydrogen) atoms. The third-order valence-corrected chi connectivity index (χ3v) is 3.51. The van der Waals surface area contributed by atoms with Crippen molar-refractivity contribution in [1.82, 2.24) is 10.2 Å². The average molecular weight is 289 g/mol. The Balaban J connectivity index is 0.00000180. The Hall–Kier alpha value is -0.680. The number of aliphatic hydroxyl groups is 1. The average Bonchev–Trinajstić information content (AvgIpc) is 2.40. The number of rotatable bonds is 4.